The second-order valence-corrected chi connectivity index (χ2v) is 3.25. The van der Waals surface area contributed by atoms with Gasteiger partial charge in [0, 0.05) is 18.6 Å². The zero-order chi connectivity index (χ0) is 8.53. The van der Waals surface area contributed by atoms with Gasteiger partial charge in [0.2, 0.25) is 0 Å². The minimum absolute atomic E-state index is 0.243. The van der Waals surface area contributed by atoms with Gasteiger partial charge in [0.05, 0.1) is 5.25 Å². The minimum atomic E-state index is -0.271. The van der Waals surface area contributed by atoms with E-state index < -0.39 is 0 Å². The maximum atomic E-state index is 10.2. The van der Waals surface area contributed by atoms with Gasteiger partial charge in [-0.2, -0.15) is 11.8 Å². The summed E-state index contributed by atoms with van der Waals surface area (Å²) in [5.74, 6) is 0.612. The van der Waals surface area contributed by atoms with E-state index in [0.717, 1.165) is 12.6 Å². The Morgan fingerprint density at radius 2 is 1.91 bits per heavy atom. The Bertz CT molecular complexity index is 136. The van der Waals surface area contributed by atoms with E-state index in [4.69, 9.17) is 0 Å². The molecule has 0 heterocycles. The van der Waals surface area contributed by atoms with Gasteiger partial charge in [-0.15, -0.1) is 0 Å². The molecule has 11 heavy (non-hydrogen) atoms. The van der Waals surface area contributed by atoms with Crippen LogP contribution in [0.2, 0.25) is 0 Å². The molecule has 0 bridgehead atoms. The minimum Gasteiger partial charge on any atom is -0.303 e. The van der Waals surface area contributed by atoms with Crippen molar-refractivity contribution in [2.24, 2.45) is 0 Å². The fraction of sp³-hybridized carbons (Fsp3) is 0.571. The van der Waals surface area contributed by atoms with Gasteiger partial charge in [-0.25, -0.2) is 0 Å². The van der Waals surface area contributed by atoms with Gasteiger partial charge in [0.25, 0.3) is 0 Å². The molecule has 0 aliphatic carbocycles. The maximum Gasteiger partial charge on any atom is 0.133 e. The second kappa shape index (κ2) is 7.47. The van der Waals surface area contributed by atoms with Crippen LogP contribution in [-0.4, -0.2) is 29.9 Å². The van der Waals surface area contributed by atoms with E-state index in [0.29, 0.717) is 18.5 Å². The Kier molecular flexibility index (Phi) is 7.03. The first-order chi connectivity index (χ1) is 5.35. The summed E-state index contributed by atoms with van der Waals surface area (Å²) in [6, 6.07) is 0. The summed E-state index contributed by atoms with van der Waals surface area (Å²) in [4.78, 5) is 30.0. The van der Waals surface area contributed by atoms with Gasteiger partial charge >= 0.3 is 0 Å². The Balaban J connectivity index is 3.42. The molecule has 0 aliphatic heterocycles. The lowest BCUT2D eigenvalue weighted by Crippen LogP contribution is -2.05. The molecule has 0 aromatic rings. The van der Waals surface area contributed by atoms with Crippen LogP contribution < -0.4 is 0 Å². The molecular weight excluding hydrogens is 164 g/mol. The molecule has 0 amide bonds. The normalized spacial score (nSPS) is 12.0. The van der Waals surface area contributed by atoms with E-state index in [2.05, 4.69) is 0 Å². The summed E-state index contributed by atoms with van der Waals surface area (Å²) < 4.78 is 0. The molecular formula is C7H10O3S. The molecule has 0 saturated carbocycles. The van der Waals surface area contributed by atoms with Crippen molar-refractivity contribution in [3.8, 4) is 0 Å². The average Bonchev–Trinajstić information content (AvgIpc) is 2.03. The fourth-order valence-electron chi connectivity index (χ4n) is 0.525. The predicted molar refractivity (Wildman–Crippen MR) is 43.7 cm³/mol. The molecule has 0 spiro atoms. The molecule has 1 unspecified atom stereocenters. The van der Waals surface area contributed by atoms with Gasteiger partial charge in [0.15, 0.2) is 0 Å². The van der Waals surface area contributed by atoms with Crippen molar-refractivity contribution in [3.05, 3.63) is 0 Å². The first-order valence-electron chi connectivity index (χ1n) is 3.29. The third-order valence-corrected chi connectivity index (χ3v) is 2.25. The summed E-state index contributed by atoms with van der Waals surface area (Å²) in [6.07, 6.45) is 2.94. The highest BCUT2D eigenvalue weighted by molar-refractivity contribution is 8.00. The monoisotopic (exact) mass is 174 g/mol. The van der Waals surface area contributed by atoms with Crippen molar-refractivity contribution in [1.29, 1.82) is 0 Å². The van der Waals surface area contributed by atoms with Crippen LogP contribution >= 0.6 is 11.8 Å². The fourth-order valence-corrected chi connectivity index (χ4v) is 1.35. The van der Waals surface area contributed by atoms with E-state index in [-0.39, 0.29) is 11.7 Å². The van der Waals surface area contributed by atoms with Crippen molar-refractivity contribution in [3.63, 3.8) is 0 Å². The number of carbonyl (C=O) groups excluding carboxylic acids is 3. The number of thioether (sulfide) groups is 1. The third kappa shape index (κ3) is 5.79. The Morgan fingerprint density at radius 3 is 2.36 bits per heavy atom. The Labute approximate surface area is 69.5 Å². The van der Waals surface area contributed by atoms with E-state index >= 15 is 0 Å². The SMILES string of the molecule is O=CCCSC(C=O)CC=O. The van der Waals surface area contributed by atoms with E-state index in [1.54, 1.807) is 0 Å². The predicted octanol–water partition coefficient (Wildman–Crippen LogP) is 0.465. The van der Waals surface area contributed by atoms with Crippen LogP contribution in [0.3, 0.4) is 0 Å². The first kappa shape index (κ1) is 10.4. The third-order valence-electron chi connectivity index (χ3n) is 1.05. The maximum absolute atomic E-state index is 10.2. The van der Waals surface area contributed by atoms with Gasteiger partial charge in [-0.05, 0) is 0 Å². The molecule has 0 N–H and O–H groups in total. The lowest BCUT2D eigenvalue weighted by Gasteiger charge is -2.02. The molecule has 1 atom stereocenters. The first-order valence-corrected chi connectivity index (χ1v) is 4.34. The van der Waals surface area contributed by atoms with Gasteiger partial charge in [-0.1, -0.05) is 0 Å². The molecule has 0 aromatic heterocycles. The van der Waals surface area contributed by atoms with Crippen molar-refractivity contribution in [2.45, 2.75) is 18.1 Å². The zero-order valence-corrected chi connectivity index (χ0v) is 6.88. The molecule has 0 aliphatic rings. The number of hydrogen-bond donors (Lipinski definition) is 0. The molecule has 0 saturated heterocycles. The smallest absolute Gasteiger partial charge is 0.133 e. The summed E-state index contributed by atoms with van der Waals surface area (Å²) in [5.41, 5.74) is 0. The lowest BCUT2D eigenvalue weighted by atomic mass is 10.4. The molecule has 0 rings (SSSR count). The van der Waals surface area contributed by atoms with Crippen LogP contribution in [0, 0.1) is 0 Å². The van der Waals surface area contributed by atoms with Crippen LogP contribution in [0.5, 0.6) is 0 Å². The number of carbonyl (C=O) groups is 3. The van der Waals surface area contributed by atoms with Crippen LogP contribution in [0.25, 0.3) is 0 Å². The molecule has 62 valence electrons. The van der Waals surface area contributed by atoms with Crippen LogP contribution in [-0.2, 0) is 14.4 Å². The summed E-state index contributed by atoms with van der Waals surface area (Å²) in [6.45, 7) is 0. The van der Waals surface area contributed by atoms with Crippen molar-refractivity contribution >= 4 is 30.6 Å². The summed E-state index contributed by atoms with van der Waals surface area (Å²) >= 11 is 1.34. The van der Waals surface area contributed by atoms with E-state index in [9.17, 15) is 14.4 Å². The molecule has 4 heteroatoms. The molecule has 0 radical (unpaired) electrons. The summed E-state index contributed by atoms with van der Waals surface area (Å²) in [7, 11) is 0. The molecule has 0 fully saturated rings. The topological polar surface area (TPSA) is 51.2 Å². The average molecular weight is 174 g/mol. The van der Waals surface area contributed by atoms with Crippen LogP contribution in [0.1, 0.15) is 12.8 Å². The number of hydrogen-bond acceptors (Lipinski definition) is 4. The number of aldehydes is 3. The zero-order valence-electron chi connectivity index (χ0n) is 6.06. The largest absolute Gasteiger partial charge is 0.303 e. The Hall–Kier alpha value is -0.640. The van der Waals surface area contributed by atoms with Crippen molar-refractivity contribution in [2.75, 3.05) is 5.75 Å². The van der Waals surface area contributed by atoms with Gasteiger partial charge in [0.1, 0.15) is 18.9 Å². The van der Waals surface area contributed by atoms with Crippen LogP contribution in [0.4, 0.5) is 0 Å². The second-order valence-electron chi connectivity index (χ2n) is 1.90. The number of rotatable bonds is 7. The quantitative estimate of drug-likeness (QED) is 0.416. The highest BCUT2D eigenvalue weighted by atomic mass is 32.2. The van der Waals surface area contributed by atoms with Gasteiger partial charge < -0.3 is 14.4 Å². The highest BCUT2D eigenvalue weighted by Crippen LogP contribution is 2.11. The standard InChI is InChI=1S/C7H10O3S/c8-3-1-5-11-7(6-10)2-4-9/h3-4,6-7H,1-2,5H2. The van der Waals surface area contributed by atoms with Gasteiger partial charge in [-0.3, -0.25) is 0 Å². The molecule has 0 aromatic carbocycles. The summed E-state index contributed by atoms with van der Waals surface area (Å²) in [5, 5.41) is -0.271. The van der Waals surface area contributed by atoms with E-state index in [1.165, 1.54) is 11.8 Å². The van der Waals surface area contributed by atoms with Crippen molar-refractivity contribution in [1.82, 2.24) is 0 Å². The van der Waals surface area contributed by atoms with Crippen LogP contribution in [0.15, 0.2) is 0 Å². The highest BCUT2D eigenvalue weighted by Gasteiger charge is 2.05. The Morgan fingerprint density at radius 1 is 1.18 bits per heavy atom. The molecule has 3 nitrogen and oxygen atoms in total. The van der Waals surface area contributed by atoms with Crippen molar-refractivity contribution < 1.29 is 14.4 Å². The van der Waals surface area contributed by atoms with E-state index in [1.807, 2.05) is 0 Å². The lowest BCUT2D eigenvalue weighted by molar-refractivity contribution is -0.111.